The predicted octanol–water partition coefficient (Wildman–Crippen LogP) is 3.87. The Hall–Kier alpha value is -3.03. The zero-order valence-electron chi connectivity index (χ0n) is 13.7. The van der Waals surface area contributed by atoms with Crippen LogP contribution in [0.1, 0.15) is 31.2 Å². The van der Waals surface area contributed by atoms with Gasteiger partial charge in [-0.05, 0) is 24.3 Å². The Morgan fingerprint density at radius 1 is 1.04 bits per heavy atom. The van der Waals surface area contributed by atoms with E-state index in [1.165, 1.54) is 11.3 Å². The van der Waals surface area contributed by atoms with E-state index >= 15 is 0 Å². The van der Waals surface area contributed by atoms with Gasteiger partial charge in [-0.3, -0.25) is 9.59 Å². The van der Waals surface area contributed by atoms with Crippen molar-refractivity contribution in [1.82, 2.24) is 9.88 Å². The van der Waals surface area contributed by atoms with E-state index in [1.807, 2.05) is 0 Å². The minimum atomic E-state index is -0.706. The Kier molecular flexibility index (Phi) is 4.47. The molecule has 2 aromatic carbocycles. The number of aromatic nitrogens is 1. The monoisotopic (exact) mass is 398 g/mol. The molecule has 0 bridgehead atoms. The molecule has 1 aromatic heterocycles. The van der Waals surface area contributed by atoms with Gasteiger partial charge in [0.2, 0.25) is 0 Å². The van der Waals surface area contributed by atoms with Crippen molar-refractivity contribution in [3.05, 3.63) is 75.8 Å². The number of esters is 1. The standard InChI is InChI=1S/C19H11ClN2O4S/c20-12-7-5-11(6-8-12)16-21-15(9-27-16)19(25)26-10-22-17(23)13-3-1-2-4-14(13)18(22)24/h1-9H,10H2. The second-order valence-corrected chi connectivity index (χ2v) is 6.98. The summed E-state index contributed by atoms with van der Waals surface area (Å²) in [5.74, 6) is -1.67. The molecular weight excluding hydrogens is 388 g/mol. The molecule has 0 saturated heterocycles. The third-order valence-electron chi connectivity index (χ3n) is 4.01. The summed E-state index contributed by atoms with van der Waals surface area (Å²) in [6, 6.07) is 13.5. The number of benzene rings is 2. The summed E-state index contributed by atoms with van der Waals surface area (Å²) in [5, 5.41) is 2.81. The summed E-state index contributed by atoms with van der Waals surface area (Å²) in [6.45, 7) is -0.459. The van der Waals surface area contributed by atoms with E-state index in [9.17, 15) is 14.4 Å². The lowest BCUT2D eigenvalue weighted by molar-refractivity contribution is 0.0224. The molecule has 4 rings (SSSR count). The highest BCUT2D eigenvalue weighted by atomic mass is 35.5. The first kappa shape index (κ1) is 17.4. The van der Waals surface area contributed by atoms with Crippen molar-refractivity contribution in [3.63, 3.8) is 0 Å². The maximum atomic E-state index is 12.3. The zero-order valence-corrected chi connectivity index (χ0v) is 15.3. The number of hydrogen-bond donors (Lipinski definition) is 0. The second kappa shape index (κ2) is 6.94. The van der Waals surface area contributed by atoms with Crippen LogP contribution in [0.5, 0.6) is 0 Å². The van der Waals surface area contributed by atoms with Gasteiger partial charge in [0.15, 0.2) is 12.4 Å². The Morgan fingerprint density at radius 3 is 2.30 bits per heavy atom. The van der Waals surface area contributed by atoms with Gasteiger partial charge in [-0.2, -0.15) is 0 Å². The number of hydrogen-bond acceptors (Lipinski definition) is 6. The van der Waals surface area contributed by atoms with Crippen LogP contribution in [0.25, 0.3) is 10.6 Å². The van der Waals surface area contributed by atoms with Crippen molar-refractivity contribution < 1.29 is 19.1 Å². The number of imide groups is 1. The lowest BCUT2D eigenvalue weighted by atomic mass is 10.1. The summed E-state index contributed by atoms with van der Waals surface area (Å²) >= 11 is 7.15. The highest BCUT2D eigenvalue weighted by molar-refractivity contribution is 7.13. The molecule has 0 saturated carbocycles. The number of rotatable bonds is 4. The Bertz CT molecular complexity index is 1030. The van der Waals surface area contributed by atoms with Crippen LogP contribution < -0.4 is 0 Å². The number of halogens is 1. The molecule has 0 atom stereocenters. The van der Waals surface area contributed by atoms with Crippen LogP contribution in [0.3, 0.4) is 0 Å². The highest BCUT2D eigenvalue weighted by Gasteiger charge is 2.35. The fourth-order valence-corrected chi connectivity index (χ4v) is 3.57. The van der Waals surface area contributed by atoms with Crippen LogP contribution in [-0.4, -0.2) is 34.4 Å². The molecule has 2 amide bonds. The van der Waals surface area contributed by atoms with Gasteiger partial charge < -0.3 is 4.74 Å². The fourth-order valence-electron chi connectivity index (χ4n) is 2.65. The van der Waals surface area contributed by atoms with Gasteiger partial charge in [0.1, 0.15) is 5.01 Å². The quantitative estimate of drug-likeness (QED) is 0.492. The topological polar surface area (TPSA) is 76.6 Å². The number of carbonyl (C=O) groups excluding carboxylic acids is 3. The molecule has 0 aliphatic carbocycles. The first-order chi connectivity index (χ1) is 13.0. The van der Waals surface area contributed by atoms with Crippen LogP contribution >= 0.6 is 22.9 Å². The van der Waals surface area contributed by atoms with Gasteiger partial charge in [0.05, 0.1) is 11.1 Å². The number of carbonyl (C=O) groups is 3. The summed E-state index contributed by atoms with van der Waals surface area (Å²) < 4.78 is 5.12. The summed E-state index contributed by atoms with van der Waals surface area (Å²) in [5.41, 5.74) is 1.54. The number of ether oxygens (including phenoxy) is 1. The van der Waals surface area contributed by atoms with E-state index in [4.69, 9.17) is 16.3 Å². The Labute approximate surface area is 163 Å². The second-order valence-electron chi connectivity index (χ2n) is 5.69. The molecule has 8 heteroatoms. The lowest BCUT2D eigenvalue weighted by Gasteiger charge is -2.13. The van der Waals surface area contributed by atoms with Gasteiger partial charge in [0, 0.05) is 16.0 Å². The third kappa shape index (κ3) is 3.22. The molecule has 0 fully saturated rings. The average Bonchev–Trinajstić information content (AvgIpc) is 3.26. The minimum absolute atomic E-state index is 0.113. The SMILES string of the molecule is O=C(OCN1C(=O)c2ccccc2C1=O)c1csc(-c2ccc(Cl)cc2)n1. The lowest BCUT2D eigenvalue weighted by Crippen LogP contribution is -2.33. The van der Waals surface area contributed by atoms with Crippen molar-refractivity contribution in [2.75, 3.05) is 6.73 Å². The predicted molar refractivity (Wildman–Crippen MR) is 99.8 cm³/mol. The normalized spacial score (nSPS) is 13.0. The Balaban J connectivity index is 1.44. The molecule has 0 spiro atoms. The molecule has 27 heavy (non-hydrogen) atoms. The molecule has 1 aliphatic heterocycles. The third-order valence-corrected chi connectivity index (χ3v) is 5.15. The molecule has 0 unspecified atom stereocenters. The number of amides is 2. The van der Waals surface area contributed by atoms with Crippen LogP contribution in [0.2, 0.25) is 5.02 Å². The first-order valence-electron chi connectivity index (χ1n) is 7.88. The van der Waals surface area contributed by atoms with Crippen molar-refractivity contribution in [2.24, 2.45) is 0 Å². The zero-order chi connectivity index (χ0) is 19.0. The van der Waals surface area contributed by atoms with E-state index in [0.717, 1.165) is 10.5 Å². The summed E-state index contributed by atoms with van der Waals surface area (Å²) in [7, 11) is 0. The number of fused-ring (bicyclic) bond motifs is 1. The van der Waals surface area contributed by atoms with Crippen LogP contribution in [0.15, 0.2) is 53.9 Å². The number of nitrogens with zero attached hydrogens (tertiary/aromatic N) is 2. The van der Waals surface area contributed by atoms with Crippen molar-refractivity contribution in [3.8, 4) is 10.6 Å². The molecule has 6 nitrogen and oxygen atoms in total. The van der Waals surface area contributed by atoms with Crippen molar-refractivity contribution in [2.45, 2.75) is 0 Å². The van der Waals surface area contributed by atoms with Gasteiger partial charge >= 0.3 is 5.97 Å². The van der Waals surface area contributed by atoms with E-state index in [-0.39, 0.29) is 5.69 Å². The van der Waals surface area contributed by atoms with Gasteiger partial charge in [0.25, 0.3) is 11.8 Å². The largest absolute Gasteiger partial charge is 0.439 e. The molecule has 2 heterocycles. The fraction of sp³-hybridized carbons (Fsp3) is 0.0526. The first-order valence-corrected chi connectivity index (χ1v) is 9.14. The Morgan fingerprint density at radius 2 is 1.67 bits per heavy atom. The van der Waals surface area contributed by atoms with Crippen LogP contribution in [-0.2, 0) is 4.74 Å². The molecule has 134 valence electrons. The number of thiazole rings is 1. The smallest absolute Gasteiger partial charge is 0.359 e. The van der Waals surface area contributed by atoms with Crippen molar-refractivity contribution >= 4 is 40.7 Å². The maximum absolute atomic E-state index is 12.3. The van der Waals surface area contributed by atoms with Gasteiger partial charge in [-0.25, -0.2) is 14.7 Å². The molecule has 0 N–H and O–H groups in total. The average molecular weight is 399 g/mol. The van der Waals surface area contributed by atoms with Crippen molar-refractivity contribution in [1.29, 1.82) is 0 Å². The van der Waals surface area contributed by atoms with Crippen LogP contribution in [0, 0.1) is 0 Å². The molecule has 1 aliphatic rings. The maximum Gasteiger partial charge on any atom is 0.359 e. The molecule has 3 aromatic rings. The van der Waals surface area contributed by atoms with Crippen LogP contribution in [0.4, 0.5) is 0 Å². The van der Waals surface area contributed by atoms with Gasteiger partial charge in [-0.1, -0.05) is 35.9 Å². The van der Waals surface area contributed by atoms with E-state index < -0.39 is 24.5 Å². The molecular formula is C19H11ClN2O4S. The minimum Gasteiger partial charge on any atom is -0.439 e. The highest BCUT2D eigenvalue weighted by Crippen LogP contribution is 2.26. The van der Waals surface area contributed by atoms with Gasteiger partial charge in [-0.15, -0.1) is 11.3 Å². The molecule has 0 radical (unpaired) electrons. The van der Waals surface area contributed by atoms with E-state index in [2.05, 4.69) is 4.98 Å². The summed E-state index contributed by atoms with van der Waals surface area (Å²) in [6.07, 6.45) is 0. The van der Waals surface area contributed by atoms with E-state index in [1.54, 1.807) is 53.9 Å². The summed E-state index contributed by atoms with van der Waals surface area (Å²) in [4.78, 5) is 41.9. The van der Waals surface area contributed by atoms with E-state index in [0.29, 0.717) is 21.2 Å².